The zero-order valence-electron chi connectivity index (χ0n) is 13.1. The normalized spacial score (nSPS) is 12.3. The molecule has 1 aromatic carbocycles. The molecule has 0 saturated heterocycles. The Bertz CT molecular complexity index is 444. The number of anilines is 1. The smallest absolute Gasteiger partial charge is 0.251 e. The molecule has 1 unspecified atom stereocenters. The molecule has 0 spiro atoms. The fourth-order valence-electron chi connectivity index (χ4n) is 2.03. The number of hydrogen-bond acceptors (Lipinski definition) is 3. The fourth-order valence-corrected chi connectivity index (χ4v) is 2.03. The second kappa shape index (κ2) is 7.90. The first-order valence-corrected chi connectivity index (χ1v) is 7.13. The molecule has 0 aliphatic rings. The van der Waals surface area contributed by atoms with E-state index in [1.807, 2.05) is 25.1 Å². The van der Waals surface area contributed by atoms with E-state index < -0.39 is 0 Å². The highest BCUT2D eigenvalue weighted by Crippen LogP contribution is 2.16. The molecule has 0 saturated carbocycles. The highest BCUT2D eigenvalue weighted by atomic mass is 16.5. The van der Waals surface area contributed by atoms with E-state index in [0.29, 0.717) is 18.1 Å². The largest absolute Gasteiger partial charge is 0.385 e. The summed E-state index contributed by atoms with van der Waals surface area (Å²) < 4.78 is 5.15. The summed E-state index contributed by atoms with van der Waals surface area (Å²) in [6.45, 7) is 9.60. The minimum absolute atomic E-state index is 0.0289. The maximum Gasteiger partial charge on any atom is 0.251 e. The highest BCUT2D eigenvalue weighted by Gasteiger charge is 2.17. The molecule has 0 aromatic heterocycles. The van der Waals surface area contributed by atoms with E-state index in [1.165, 1.54) is 0 Å². The van der Waals surface area contributed by atoms with Gasteiger partial charge < -0.3 is 15.4 Å². The minimum Gasteiger partial charge on any atom is -0.385 e. The van der Waals surface area contributed by atoms with Crippen molar-refractivity contribution in [2.24, 2.45) is 5.92 Å². The third kappa shape index (κ3) is 4.53. The molecule has 1 aromatic rings. The molecule has 2 N–H and O–H groups in total. The molecule has 0 fully saturated rings. The van der Waals surface area contributed by atoms with Gasteiger partial charge in [0.2, 0.25) is 0 Å². The van der Waals surface area contributed by atoms with Crippen molar-refractivity contribution in [3.63, 3.8) is 0 Å². The Balaban J connectivity index is 2.79. The number of carbonyl (C=O) groups is 1. The van der Waals surface area contributed by atoms with Gasteiger partial charge in [0.15, 0.2) is 0 Å². The molecule has 0 radical (unpaired) electrons. The van der Waals surface area contributed by atoms with Crippen molar-refractivity contribution in [2.45, 2.75) is 33.7 Å². The van der Waals surface area contributed by atoms with E-state index in [1.54, 1.807) is 7.11 Å². The van der Waals surface area contributed by atoms with Crippen LogP contribution in [0, 0.1) is 12.8 Å². The molecule has 0 aliphatic carbocycles. The number of rotatable bonds is 7. The lowest BCUT2D eigenvalue weighted by Crippen LogP contribution is -2.41. The van der Waals surface area contributed by atoms with Crippen LogP contribution in [0.3, 0.4) is 0 Å². The van der Waals surface area contributed by atoms with Crippen molar-refractivity contribution < 1.29 is 9.53 Å². The van der Waals surface area contributed by atoms with E-state index in [-0.39, 0.29) is 11.9 Å². The van der Waals surface area contributed by atoms with Crippen LogP contribution in [-0.4, -0.2) is 32.2 Å². The van der Waals surface area contributed by atoms with Crippen LogP contribution in [-0.2, 0) is 4.74 Å². The average Bonchev–Trinajstić information content (AvgIpc) is 2.40. The summed E-state index contributed by atoms with van der Waals surface area (Å²) in [6.07, 6.45) is 0. The standard InChI is InChI=1S/C16H26N2O2/c1-6-17-14-8-7-13(9-12(14)4)16(19)18-15(10-20-5)11(2)3/h7-9,11,15,17H,6,10H2,1-5H3,(H,18,19). The molecule has 20 heavy (non-hydrogen) atoms. The van der Waals surface area contributed by atoms with Gasteiger partial charge in [-0.05, 0) is 43.5 Å². The molecular formula is C16H26N2O2. The second-order valence-corrected chi connectivity index (χ2v) is 5.34. The molecule has 0 bridgehead atoms. The van der Waals surface area contributed by atoms with Crippen molar-refractivity contribution >= 4 is 11.6 Å². The summed E-state index contributed by atoms with van der Waals surface area (Å²) in [5.74, 6) is 0.285. The van der Waals surface area contributed by atoms with E-state index in [4.69, 9.17) is 4.74 Å². The minimum atomic E-state index is -0.0492. The van der Waals surface area contributed by atoms with Gasteiger partial charge in [0, 0.05) is 24.9 Å². The second-order valence-electron chi connectivity index (χ2n) is 5.34. The summed E-state index contributed by atoms with van der Waals surface area (Å²) in [6, 6.07) is 5.75. The lowest BCUT2D eigenvalue weighted by molar-refractivity contribution is 0.0866. The number of hydrogen-bond donors (Lipinski definition) is 2. The Labute approximate surface area is 121 Å². The topological polar surface area (TPSA) is 50.4 Å². The average molecular weight is 278 g/mol. The SMILES string of the molecule is CCNc1ccc(C(=O)NC(COC)C(C)C)cc1C. The Hall–Kier alpha value is -1.55. The summed E-state index contributed by atoms with van der Waals surface area (Å²) >= 11 is 0. The molecule has 1 amide bonds. The zero-order valence-corrected chi connectivity index (χ0v) is 13.1. The Kier molecular flexibility index (Phi) is 6.52. The monoisotopic (exact) mass is 278 g/mol. The van der Waals surface area contributed by atoms with E-state index in [2.05, 4.69) is 31.4 Å². The van der Waals surface area contributed by atoms with Gasteiger partial charge >= 0.3 is 0 Å². The summed E-state index contributed by atoms with van der Waals surface area (Å²) in [7, 11) is 1.65. The van der Waals surface area contributed by atoms with Crippen LogP contribution in [0.4, 0.5) is 5.69 Å². The number of benzene rings is 1. The van der Waals surface area contributed by atoms with Crippen LogP contribution < -0.4 is 10.6 Å². The van der Waals surface area contributed by atoms with Crippen LogP contribution in [0.5, 0.6) is 0 Å². The number of ether oxygens (including phenoxy) is 1. The van der Waals surface area contributed by atoms with Crippen molar-refractivity contribution in [2.75, 3.05) is 25.6 Å². The number of carbonyl (C=O) groups excluding carboxylic acids is 1. The molecule has 0 heterocycles. The van der Waals surface area contributed by atoms with Gasteiger partial charge in [-0.2, -0.15) is 0 Å². The van der Waals surface area contributed by atoms with Crippen molar-refractivity contribution in [1.29, 1.82) is 0 Å². The first-order valence-electron chi connectivity index (χ1n) is 7.13. The molecule has 4 nitrogen and oxygen atoms in total. The van der Waals surface area contributed by atoms with Gasteiger partial charge in [-0.15, -0.1) is 0 Å². The van der Waals surface area contributed by atoms with Gasteiger partial charge in [-0.25, -0.2) is 0 Å². The van der Waals surface area contributed by atoms with Crippen molar-refractivity contribution in [3.05, 3.63) is 29.3 Å². The third-order valence-electron chi connectivity index (χ3n) is 3.32. The molecule has 112 valence electrons. The fraction of sp³-hybridized carbons (Fsp3) is 0.562. The lowest BCUT2D eigenvalue weighted by Gasteiger charge is -2.21. The number of methoxy groups -OCH3 is 1. The predicted molar refractivity (Wildman–Crippen MR) is 83.3 cm³/mol. The maximum atomic E-state index is 12.3. The molecular weight excluding hydrogens is 252 g/mol. The number of amides is 1. The van der Waals surface area contributed by atoms with Gasteiger partial charge in [-0.3, -0.25) is 4.79 Å². The van der Waals surface area contributed by atoms with Crippen LogP contribution in [0.15, 0.2) is 18.2 Å². The van der Waals surface area contributed by atoms with Gasteiger partial charge in [0.25, 0.3) is 5.91 Å². The molecule has 4 heteroatoms. The lowest BCUT2D eigenvalue weighted by atomic mass is 10.0. The molecule has 0 aliphatic heterocycles. The first kappa shape index (κ1) is 16.5. The Morgan fingerprint density at radius 1 is 1.35 bits per heavy atom. The molecule has 1 atom stereocenters. The number of aryl methyl sites for hydroxylation is 1. The summed E-state index contributed by atoms with van der Waals surface area (Å²) in [5, 5.41) is 6.30. The number of nitrogens with one attached hydrogen (secondary N) is 2. The summed E-state index contributed by atoms with van der Waals surface area (Å²) in [4.78, 5) is 12.3. The Morgan fingerprint density at radius 2 is 2.05 bits per heavy atom. The van der Waals surface area contributed by atoms with Gasteiger partial charge in [-0.1, -0.05) is 13.8 Å². The van der Waals surface area contributed by atoms with Crippen molar-refractivity contribution in [3.8, 4) is 0 Å². The quantitative estimate of drug-likeness (QED) is 0.806. The Morgan fingerprint density at radius 3 is 2.55 bits per heavy atom. The summed E-state index contributed by atoms with van der Waals surface area (Å²) in [5.41, 5.74) is 2.83. The molecule has 1 rings (SSSR count). The van der Waals surface area contributed by atoms with Gasteiger partial charge in [0.1, 0.15) is 0 Å². The van der Waals surface area contributed by atoms with Crippen LogP contribution >= 0.6 is 0 Å². The first-order chi connectivity index (χ1) is 9.49. The van der Waals surface area contributed by atoms with E-state index in [9.17, 15) is 4.79 Å². The third-order valence-corrected chi connectivity index (χ3v) is 3.32. The van der Waals surface area contributed by atoms with Gasteiger partial charge in [0.05, 0.1) is 12.6 Å². The zero-order chi connectivity index (χ0) is 15.1. The highest BCUT2D eigenvalue weighted by molar-refractivity contribution is 5.95. The maximum absolute atomic E-state index is 12.3. The van der Waals surface area contributed by atoms with E-state index in [0.717, 1.165) is 17.8 Å². The van der Waals surface area contributed by atoms with E-state index >= 15 is 0 Å². The van der Waals surface area contributed by atoms with Crippen LogP contribution in [0.1, 0.15) is 36.7 Å². The predicted octanol–water partition coefficient (Wildman–Crippen LogP) is 2.83. The van der Waals surface area contributed by atoms with Crippen LogP contribution in [0.25, 0.3) is 0 Å². The van der Waals surface area contributed by atoms with Crippen LogP contribution in [0.2, 0.25) is 0 Å². The van der Waals surface area contributed by atoms with Crippen molar-refractivity contribution in [1.82, 2.24) is 5.32 Å².